The number of allylic oxidation sites excluding steroid dienone is 1. The lowest BCUT2D eigenvalue weighted by Gasteiger charge is -1.93. The average molecular weight is 254 g/mol. The zero-order chi connectivity index (χ0) is 13.2. The molecule has 0 aromatic carbocycles. The number of hydrogen-bond donors (Lipinski definition) is 3. The van der Waals surface area contributed by atoms with Gasteiger partial charge in [-0.2, -0.15) is 8.42 Å². The Balaban J connectivity index is 0. The summed E-state index contributed by atoms with van der Waals surface area (Å²) in [6.45, 7) is 3.77. The van der Waals surface area contributed by atoms with E-state index in [1.165, 1.54) is 12.8 Å². The highest BCUT2D eigenvalue weighted by Crippen LogP contribution is 2.02. The molecule has 0 aliphatic rings. The Hall–Kier alpha value is -0.920. The third-order valence-electron chi connectivity index (χ3n) is 1.60. The average Bonchev–Trinajstić information content (AvgIpc) is 2.09. The van der Waals surface area contributed by atoms with Crippen molar-refractivity contribution >= 4 is 16.4 Å². The first-order valence-electron chi connectivity index (χ1n) is 4.78. The van der Waals surface area contributed by atoms with E-state index in [1.54, 1.807) is 13.0 Å². The van der Waals surface area contributed by atoms with Gasteiger partial charge in [0.25, 0.3) is 0 Å². The molecule has 0 aliphatic heterocycles. The third-order valence-corrected chi connectivity index (χ3v) is 1.60. The van der Waals surface area contributed by atoms with Gasteiger partial charge in [0, 0.05) is 5.57 Å². The lowest BCUT2D eigenvalue weighted by molar-refractivity contribution is -0.132. The van der Waals surface area contributed by atoms with Crippen LogP contribution in [0.15, 0.2) is 11.6 Å². The Bertz CT molecular complexity index is 309. The Morgan fingerprint density at radius 3 is 2.00 bits per heavy atom. The lowest BCUT2D eigenvalue weighted by atomic mass is 10.1. The SMILES string of the molecule is CCCCCC=C(C)C(=O)O.O=S(=O)(O)O. The van der Waals surface area contributed by atoms with Crippen molar-refractivity contribution in [3.05, 3.63) is 11.6 Å². The van der Waals surface area contributed by atoms with Crippen molar-refractivity contribution in [3.8, 4) is 0 Å². The molecule has 96 valence electrons. The summed E-state index contributed by atoms with van der Waals surface area (Å²) in [5, 5.41) is 8.47. The molecule has 16 heavy (non-hydrogen) atoms. The molecule has 0 amide bonds. The second-order valence-electron chi connectivity index (χ2n) is 3.14. The van der Waals surface area contributed by atoms with Gasteiger partial charge in [-0.25, -0.2) is 4.79 Å². The molecule has 0 atom stereocenters. The maximum absolute atomic E-state index is 10.3. The molecule has 0 saturated carbocycles. The van der Waals surface area contributed by atoms with Crippen LogP contribution < -0.4 is 0 Å². The van der Waals surface area contributed by atoms with Crippen LogP contribution in [0.1, 0.15) is 39.5 Å². The summed E-state index contributed by atoms with van der Waals surface area (Å²) in [5.74, 6) is -0.804. The monoisotopic (exact) mass is 254 g/mol. The number of rotatable bonds is 5. The summed E-state index contributed by atoms with van der Waals surface area (Å²) >= 11 is 0. The molecule has 0 radical (unpaired) electrons. The fraction of sp³-hybridized carbons (Fsp3) is 0.667. The van der Waals surface area contributed by atoms with Gasteiger partial charge in [-0.05, 0) is 19.8 Å². The van der Waals surface area contributed by atoms with Gasteiger partial charge in [0.05, 0.1) is 0 Å². The Labute approximate surface area is 95.6 Å². The molecule has 0 bridgehead atoms. The van der Waals surface area contributed by atoms with Gasteiger partial charge in [-0.1, -0.05) is 25.8 Å². The van der Waals surface area contributed by atoms with E-state index in [2.05, 4.69) is 6.92 Å². The lowest BCUT2D eigenvalue weighted by Crippen LogP contribution is -1.95. The molecule has 0 rings (SSSR count). The van der Waals surface area contributed by atoms with Gasteiger partial charge in [0.2, 0.25) is 0 Å². The summed E-state index contributed by atoms with van der Waals surface area (Å²) in [6, 6.07) is 0. The van der Waals surface area contributed by atoms with Crippen molar-refractivity contribution in [2.45, 2.75) is 39.5 Å². The number of aliphatic carboxylic acids is 1. The highest BCUT2D eigenvalue weighted by Gasteiger charge is 1.96. The molecule has 0 aromatic rings. The van der Waals surface area contributed by atoms with E-state index in [4.69, 9.17) is 22.6 Å². The van der Waals surface area contributed by atoms with Crippen molar-refractivity contribution in [3.63, 3.8) is 0 Å². The Morgan fingerprint density at radius 1 is 1.25 bits per heavy atom. The van der Waals surface area contributed by atoms with Crippen LogP contribution in [0.2, 0.25) is 0 Å². The van der Waals surface area contributed by atoms with Crippen molar-refractivity contribution in [2.24, 2.45) is 0 Å². The standard InChI is InChI=1S/C9H16O2.H2O4S/c1-3-4-5-6-7-8(2)9(10)11;1-5(2,3)4/h7H,3-6H2,1-2H3,(H,10,11);(H2,1,2,3,4). The van der Waals surface area contributed by atoms with Crippen LogP contribution >= 0.6 is 0 Å². The zero-order valence-corrected chi connectivity index (χ0v) is 10.2. The number of carboxylic acids is 1. The van der Waals surface area contributed by atoms with Crippen molar-refractivity contribution in [2.75, 3.05) is 0 Å². The Kier molecular flexibility index (Phi) is 10.2. The molecule has 0 saturated heterocycles. The second kappa shape index (κ2) is 9.32. The number of hydrogen-bond acceptors (Lipinski definition) is 3. The minimum Gasteiger partial charge on any atom is -0.478 e. The first kappa shape index (κ1) is 17.5. The number of carboxylic acid groups (broad SMARTS) is 1. The van der Waals surface area contributed by atoms with Crippen LogP contribution in [-0.2, 0) is 15.2 Å². The smallest absolute Gasteiger partial charge is 0.394 e. The van der Waals surface area contributed by atoms with Crippen LogP contribution in [0.5, 0.6) is 0 Å². The number of unbranched alkanes of at least 4 members (excludes halogenated alkanes) is 3. The van der Waals surface area contributed by atoms with Crippen LogP contribution in [-0.4, -0.2) is 28.6 Å². The van der Waals surface area contributed by atoms with E-state index < -0.39 is 16.4 Å². The predicted octanol–water partition coefficient (Wildman–Crippen LogP) is 1.94. The molecule has 0 spiro atoms. The minimum absolute atomic E-state index is 0.459. The van der Waals surface area contributed by atoms with Crippen LogP contribution in [0, 0.1) is 0 Å². The molecular weight excluding hydrogens is 236 g/mol. The summed E-state index contributed by atoms with van der Waals surface area (Å²) < 4.78 is 31.6. The van der Waals surface area contributed by atoms with E-state index in [-0.39, 0.29) is 0 Å². The fourth-order valence-electron chi connectivity index (χ4n) is 0.800. The predicted molar refractivity (Wildman–Crippen MR) is 59.7 cm³/mol. The number of carbonyl (C=O) groups is 1. The summed E-state index contributed by atoms with van der Waals surface area (Å²) in [5.41, 5.74) is 0.459. The van der Waals surface area contributed by atoms with E-state index in [1.807, 2.05) is 0 Å². The largest absolute Gasteiger partial charge is 0.478 e. The van der Waals surface area contributed by atoms with Crippen LogP contribution in [0.3, 0.4) is 0 Å². The maximum atomic E-state index is 10.3. The third kappa shape index (κ3) is 23.2. The van der Waals surface area contributed by atoms with Crippen molar-refractivity contribution in [1.29, 1.82) is 0 Å². The van der Waals surface area contributed by atoms with E-state index in [0.29, 0.717) is 5.57 Å². The first-order chi connectivity index (χ1) is 7.18. The molecule has 0 aromatic heterocycles. The van der Waals surface area contributed by atoms with Gasteiger partial charge < -0.3 is 5.11 Å². The highest BCUT2D eigenvalue weighted by atomic mass is 32.3. The fourth-order valence-corrected chi connectivity index (χ4v) is 0.800. The minimum atomic E-state index is -4.67. The Morgan fingerprint density at radius 2 is 1.69 bits per heavy atom. The quantitative estimate of drug-likeness (QED) is 0.392. The molecular formula is C9H18O6S. The molecule has 0 unspecified atom stereocenters. The zero-order valence-electron chi connectivity index (χ0n) is 9.38. The summed E-state index contributed by atoms with van der Waals surface area (Å²) in [7, 11) is -4.67. The molecule has 6 nitrogen and oxygen atoms in total. The van der Waals surface area contributed by atoms with Gasteiger partial charge in [-0.3, -0.25) is 9.11 Å². The molecule has 0 heterocycles. The van der Waals surface area contributed by atoms with E-state index >= 15 is 0 Å². The summed E-state index contributed by atoms with van der Waals surface area (Å²) in [6.07, 6.45) is 6.15. The maximum Gasteiger partial charge on any atom is 0.394 e. The van der Waals surface area contributed by atoms with Crippen molar-refractivity contribution < 1.29 is 27.4 Å². The second-order valence-corrected chi connectivity index (χ2v) is 4.03. The highest BCUT2D eigenvalue weighted by molar-refractivity contribution is 7.79. The van der Waals surface area contributed by atoms with Crippen LogP contribution in [0.25, 0.3) is 0 Å². The van der Waals surface area contributed by atoms with Crippen molar-refractivity contribution in [1.82, 2.24) is 0 Å². The van der Waals surface area contributed by atoms with E-state index in [9.17, 15) is 4.79 Å². The van der Waals surface area contributed by atoms with Crippen LogP contribution in [0.4, 0.5) is 0 Å². The van der Waals surface area contributed by atoms with Gasteiger partial charge in [0.15, 0.2) is 0 Å². The normalized spacial score (nSPS) is 11.6. The molecule has 0 aliphatic carbocycles. The topological polar surface area (TPSA) is 112 Å². The summed E-state index contributed by atoms with van der Waals surface area (Å²) in [4.78, 5) is 10.3. The van der Waals surface area contributed by atoms with Gasteiger partial charge in [-0.15, -0.1) is 0 Å². The van der Waals surface area contributed by atoms with E-state index in [0.717, 1.165) is 12.8 Å². The molecule has 7 heteroatoms. The molecule has 3 N–H and O–H groups in total. The van der Waals surface area contributed by atoms with Gasteiger partial charge in [0.1, 0.15) is 0 Å². The first-order valence-corrected chi connectivity index (χ1v) is 6.18. The van der Waals surface area contributed by atoms with Gasteiger partial charge >= 0.3 is 16.4 Å². The molecule has 0 fully saturated rings.